The van der Waals surface area contributed by atoms with Gasteiger partial charge < -0.3 is 20.1 Å². The number of carbonyl (C=O) groups is 2. The van der Waals surface area contributed by atoms with Crippen molar-refractivity contribution in [3.8, 4) is 11.5 Å². The van der Waals surface area contributed by atoms with Gasteiger partial charge in [0.1, 0.15) is 4.32 Å². The molecule has 0 atom stereocenters. The van der Waals surface area contributed by atoms with Gasteiger partial charge in [-0.05, 0) is 35.9 Å². The smallest absolute Gasteiger partial charge is 0.263 e. The number of hydrogen-bond donors (Lipinski definition) is 2. The Hall–Kier alpha value is -2.55. The van der Waals surface area contributed by atoms with Crippen LogP contribution < -0.4 is 20.1 Å². The van der Waals surface area contributed by atoms with Crippen molar-refractivity contribution in [2.75, 3.05) is 19.0 Å². The van der Waals surface area contributed by atoms with Crippen molar-refractivity contribution in [2.45, 2.75) is 0 Å². The summed E-state index contributed by atoms with van der Waals surface area (Å²) in [5.74, 6) is 0.253. The average Bonchev–Trinajstić information content (AvgIpc) is 2.99. The number of thiocarbonyl (C=S) groups is 1. The van der Waals surface area contributed by atoms with E-state index in [1.165, 1.54) is 18.9 Å². The first-order valence-corrected chi connectivity index (χ1v) is 9.66. The van der Waals surface area contributed by atoms with Gasteiger partial charge in [-0.25, -0.2) is 0 Å². The average molecular weight is 435 g/mol. The van der Waals surface area contributed by atoms with Crippen LogP contribution in [-0.2, 0) is 9.59 Å². The third kappa shape index (κ3) is 5.03. The van der Waals surface area contributed by atoms with E-state index in [-0.39, 0.29) is 18.4 Å². The molecule has 9 heteroatoms. The lowest BCUT2D eigenvalue weighted by molar-refractivity contribution is -0.118. The van der Waals surface area contributed by atoms with Gasteiger partial charge in [-0.15, -0.1) is 0 Å². The Labute approximate surface area is 176 Å². The maximum atomic E-state index is 12.1. The topological polar surface area (TPSA) is 76.7 Å². The van der Waals surface area contributed by atoms with Gasteiger partial charge in [-0.3, -0.25) is 9.59 Å². The van der Waals surface area contributed by atoms with Crippen molar-refractivity contribution in [1.29, 1.82) is 0 Å². The molecule has 28 heavy (non-hydrogen) atoms. The fourth-order valence-corrected chi connectivity index (χ4v) is 3.58. The quantitative estimate of drug-likeness (QED) is 0.531. The number of halogens is 1. The van der Waals surface area contributed by atoms with Crippen LogP contribution >= 0.6 is 35.6 Å². The van der Waals surface area contributed by atoms with E-state index in [9.17, 15) is 9.59 Å². The van der Waals surface area contributed by atoms with E-state index in [0.29, 0.717) is 31.4 Å². The van der Waals surface area contributed by atoms with Crippen molar-refractivity contribution >= 4 is 63.5 Å². The van der Waals surface area contributed by atoms with Crippen molar-refractivity contribution in [3.63, 3.8) is 0 Å². The third-order valence-corrected chi connectivity index (χ3v) is 5.13. The Kier molecular flexibility index (Phi) is 6.56. The van der Waals surface area contributed by atoms with Gasteiger partial charge in [-0.1, -0.05) is 53.8 Å². The van der Waals surface area contributed by atoms with E-state index in [4.69, 9.17) is 33.3 Å². The zero-order valence-corrected chi connectivity index (χ0v) is 17.0. The molecule has 0 saturated carbocycles. The number of nitrogens with one attached hydrogen (secondary N) is 2. The Balaban J connectivity index is 1.67. The molecule has 1 aliphatic heterocycles. The van der Waals surface area contributed by atoms with Crippen molar-refractivity contribution < 1.29 is 19.1 Å². The lowest BCUT2D eigenvalue weighted by Crippen LogP contribution is -2.20. The molecule has 3 rings (SSSR count). The second-order valence-electron chi connectivity index (χ2n) is 5.58. The molecule has 0 aliphatic carbocycles. The van der Waals surface area contributed by atoms with Crippen LogP contribution in [0.15, 0.2) is 47.4 Å². The summed E-state index contributed by atoms with van der Waals surface area (Å²) in [5.41, 5.74) is 1.25. The third-order valence-electron chi connectivity index (χ3n) is 3.63. The van der Waals surface area contributed by atoms with Gasteiger partial charge in [0.15, 0.2) is 18.1 Å². The second kappa shape index (κ2) is 9.09. The highest BCUT2D eigenvalue weighted by molar-refractivity contribution is 8.26. The van der Waals surface area contributed by atoms with Crippen LogP contribution in [0.3, 0.4) is 0 Å². The molecular weight excluding hydrogens is 420 g/mol. The normalized spacial score (nSPS) is 14.7. The van der Waals surface area contributed by atoms with Gasteiger partial charge in [0, 0.05) is 0 Å². The Morgan fingerprint density at radius 3 is 2.75 bits per heavy atom. The first kappa shape index (κ1) is 20.2. The van der Waals surface area contributed by atoms with Crippen LogP contribution in [0.2, 0.25) is 5.02 Å². The summed E-state index contributed by atoms with van der Waals surface area (Å²) in [6.07, 6.45) is 1.70. The van der Waals surface area contributed by atoms with Crippen molar-refractivity contribution in [3.05, 3.63) is 58.0 Å². The first-order valence-electron chi connectivity index (χ1n) is 8.06. The Morgan fingerprint density at radius 2 is 2.07 bits per heavy atom. The van der Waals surface area contributed by atoms with Gasteiger partial charge in [0.2, 0.25) is 0 Å². The molecule has 0 spiro atoms. The number of amides is 2. The maximum Gasteiger partial charge on any atom is 0.263 e. The number of methoxy groups -OCH3 is 1. The number of rotatable bonds is 6. The molecule has 6 nitrogen and oxygen atoms in total. The minimum atomic E-state index is -0.353. The van der Waals surface area contributed by atoms with Gasteiger partial charge in [-0.2, -0.15) is 0 Å². The van der Waals surface area contributed by atoms with Crippen LogP contribution in [0.1, 0.15) is 5.56 Å². The Bertz CT molecular complexity index is 978. The van der Waals surface area contributed by atoms with Crippen LogP contribution in [0.5, 0.6) is 11.5 Å². The molecule has 0 aromatic heterocycles. The van der Waals surface area contributed by atoms with E-state index < -0.39 is 0 Å². The minimum Gasteiger partial charge on any atom is -0.493 e. The molecular formula is C19H15ClN2O4S2. The molecule has 2 N–H and O–H groups in total. The number of para-hydroxylation sites is 1. The van der Waals surface area contributed by atoms with Crippen molar-refractivity contribution in [2.24, 2.45) is 0 Å². The van der Waals surface area contributed by atoms with Crippen LogP contribution in [0.4, 0.5) is 5.69 Å². The van der Waals surface area contributed by atoms with Crippen molar-refractivity contribution in [1.82, 2.24) is 5.32 Å². The highest BCUT2D eigenvalue weighted by atomic mass is 35.5. The summed E-state index contributed by atoms with van der Waals surface area (Å²) in [7, 11) is 1.50. The van der Waals surface area contributed by atoms with Gasteiger partial charge in [0.05, 0.1) is 22.7 Å². The standard InChI is InChI=1S/C19H15ClN2O4S2/c1-25-15-8-11(9-16-18(24)22-19(27)28-16)6-7-14(15)26-10-17(23)21-13-5-3-2-4-12(13)20/h2-9H,10H2,1H3,(H,21,23)(H,22,24,27). The summed E-state index contributed by atoms with van der Waals surface area (Å²) < 4.78 is 11.3. The number of hydrogen-bond acceptors (Lipinski definition) is 6. The predicted molar refractivity (Wildman–Crippen MR) is 115 cm³/mol. The monoisotopic (exact) mass is 434 g/mol. The van der Waals surface area contributed by atoms with Crippen LogP contribution in [-0.4, -0.2) is 29.9 Å². The van der Waals surface area contributed by atoms with Gasteiger partial charge >= 0.3 is 0 Å². The number of ether oxygens (including phenoxy) is 2. The van der Waals surface area contributed by atoms with E-state index in [2.05, 4.69) is 10.6 Å². The summed E-state index contributed by atoms with van der Waals surface area (Å²) in [4.78, 5) is 24.4. The molecule has 2 amide bonds. The zero-order chi connectivity index (χ0) is 20.1. The number of carbonyl (C=O) groups excluding carboxylic acids is 2. The predicted octanol–water partition coefficient (Wildman–Crippen LogP) is 3.85. The van der Waals surface area contributed by atoms with E-state index in [1.54, 1.807) is 48.5 Å². The molecule has 0 bridgehead atoms. The number of anilines is 1. The molecule has 1 saturated heterocycles. The van der Waals surface area contributed by atoms with Crippen LogP contribution in [0.25, 0.3) is 6.08 Å². The molecule has 2 aromatic rings. The lowest BCUT2D eigenvalue weighted by Gasteiger charge is -2.12. The summed E-state index contributed by atoms with van der Waals surface area (Å²) in [6, 6.07) is 12.1. The molecule has 0 unspecified atom stereocenters. The second-order valence-corrected chi connectivity index (χ2v) is 7.71. The molecule has 0 radical (unpaired) electrons. The largest absolute Gasteiger partial charge is 0.493 e. The van der Waals surface area contributed by atoms with E-state index >= 15 is 0 Å². The lowest BCUT2D eigenvalue weighted by atomic mass is 10.2. The first-order chi connectivity index (χ1) is 13.5. The number of benzene rings is 2. The highest BCUT2D eigenvalue weighted by Gasteiger charge is 2.22. The highest BCUT2D eigenvalue weighted by Crippen LogP contribution is 2.31. The SMILES string of the molecule is COc1cc(C=C2SC(=S)NC2=O)ccc1OCC(=O)Nc1ccccc1Cl. The Morgan fingerprint density at radius 1 is 1.29 bits per heavy atom. The molecule has 144 valence electrons. The molecule has 1 fully saturated rings. The fraction of sp³-hybridized carbons (Fsp3) is 0.105. The molecule has 1 aliphatic rings. The van der Waals surface area contributed by atoms with E-state index in [0.717, 1.165) is 5.56 Å². The minimum absolute atomic E-state index is 0.214. The maximum absolute atomic E-state index is 12.1. The number of thioether (sulfide) groups is 1. The fourth-order valence-electron chi connectivity index (χ4n) is 2.36. The molecule has 1 heterocycles. The zero-order valence-electron chi connectivity index (χ0n) is 14.7. The van der Waals surface area contributed by atoms with E-state index in [1.807, 2.05) is 0 Å². The summed E-state index contributed by atoms with van der Waals surface area (Å²) in [6.45, 7) is -0.214. The summed E-state index contributed by atoms with van der Waals surface area (Å²) in [5, 5.41) is 5.69. The molecule has 2 aromatic carbocycles. The van der Waals surface area contributed by atoms with Gasteiger partial charge in [0.25, 0.3) is 11.8 Å². The summed E-state index contributed by atoms with van der Waals surface area (Å²) >= 11 is 12.2. The van der Waals surface area contributed by atoms with Crippen LogP contribution in [0, 0.1) is 0 Å².